The lowest BCUT2D eigenvalue weighted by Crippen LogP contribution is -2.61. The Hall–Kier alpha value is -6.35. The average molecular weight is 815 g/mol. The van der Waals surface area contributed by atoms with Crippen molar-refractivity contribution in [1.29, 1.82) is 0 Å². The van der Waals surface area contributed by atoms with E-state index >= 15 is 0 Å². The van der Waals surface area contributed by atoms with Gasteiger partial charge in [0.25, 0.3) is 5.56 Å². The van der Waals surface area contributed by atoms with Crippen LogP contribution in [0.3, 0.4) is 0 Å². The van der Waals surface area contributed by atoms with Crippen LogP contribution in [-0.4, -0.2) is 88.5 Å². The number of rotatable bonds is 15. The zero-order chi connectivity index (χ0) is 42.4. The van der Waals surface area contributed by atoms with Gasteiger partial charge in [-0.05, 0) is 66.9 Å². The van der Waals surface area contributed by atoms with E-state index < -0.39 is 29.0 Å². The van der Waals surface area contributed by atoms with Gasteiger partial charge in [0.2, 0.25) is 11.9 Å². The van der Waals surface area contributed by atoms with E-state index in [9.17, 15) is 14.4 Å². The molecule has 0 radical (unpaired) electrons. The molecular weight excluding hydrogens is 765 g/mol. The summed E-state index contributed by atoms with van der Waals surface area (Å²) in [5.41, 5.74) is 0.0578. The third kappa shape index (κ3) is 8.67. The second-order valence-electron chi connectivity index (χ2n) is 15.4. The molecule has 1 amide bonds. The number of hydrogen-bond acceptors (Lipinski definition) is 11. The lowest BCUT2D eigenvalue weighted by Gasteiger charge is -2.48. The van der Waals surface area contributed by atoms with Gasteiger partial charge in [0.15, 0.2) is 11.2 Å². The maximum absolute atomic E-state index is 13.7. The van der Waals surface area contributed by atoms with Crippen molar-refractivity contribution in [1.82, 2.24) is 24.4 Å². The van der Waals surface area contributed by atoms with Crippen LogP contribution in [0, 0.1) is 5.92 Å². The van der Waals surface area contributed by atoms with Gasteiger partial charge in [-0.15, -0.1) is 0 Å². The van der Waals surface area contributed by atoms with E-state index in [1.54, 1.807) is 56.9 Å². The molecule has 2 atom stereocenters. The summed E-state index contributed by atoms with van der Waals surface area (Å²) < 4.78 is 33.5. The average Bonchev–Trinajstić information content (AvgIpc) is 3.71. The number of esters is 1. The molecule has 312 valence electrons. The minimum atomic E-state index is -1.32. The highest BCUT2D eigenvalue weighted by Crippen LogP contribution is 2.43. The number of nitrogens with one attached hydrogen (secondary N) is 2. The standard InChI is InChI=1S/C46H50N6O8/c1-30(2)41(53)49-44-48-40-39(42(54)50-44)47-29-52(40)38-25-51(31(3)4)26-45(60-38,27-58-43(55)32-13-9-7-10-14-32)28-59-46(33-15-11-8-12-16-33,34-17-21-36(56-5)22-18-34)35-19-23-37(57-6)24-20-35/h7-24,29-31,38H,25-28H2,1-6H3,(H2,48,49,50,53,54)/t38-,45+/m1/s1. The second-order valence-corrected chi connectivity index (χ2v) is 15.4. The predicted molar refractivity (Wildman–Crippen MR) is 226 cm³/mol. The molecule has 0 aliphatic carbocycles. The van der Waals surface area contributed by atoms with Crippen molar-refractivity contribution >= 4 is 29.0 Å². The first kappa shape index (κ1) is 41.8. The van der Waals surface area contributed by atoms with E-state index in [1.807, 2.05) is 84.9 Å². The zero-order valence-corrected chi connectivity index (χ0v) is 34.6. The number of fused-ring (bicyclic) bond motifs is 1. The molecule has 0 bridgehead atoms. The van der Waals surface area contributed by atoms with Gasteiger partial charge in [-0.1, -0.05) is 86.6 Å². The summed E-state index contributed by atoms with van der Waals surface area (Å²) >= 11 is 0. The van der Waals surface area contributed by atoms with E-state index in [-0.39, 0.29) is 48.2 Å². The maximum Gasteiger partial charge on any atom is 0.338 e. The number of hydrogen-bond donors (Lipinski definition) is 2. The molecule has 4 aromatic carbocycles. The van der Waals surface area contributed by atoms with E-state index in [2.05, 4.69) is 39.0 Å². The Balaban J connectivity index is 1.36. The summed E-state index contributed by atoms with van der Waals surface area (Å²) in [5, 5.41) is 2.69. The molecule has 1 fully saturated rings. The zero-order valence-electron chi connectivity index (χ0n) is 34.6. The molecule has 60 heavy (non-hydrogen) atoms. The summed E-state index contributed by atoms with van der Waals surface area (Å²) in [4.78, 5) is 53.5. The molecule has 3 heterocycles. The van der Waals surface area contributed by atoms with Crippen LogP contribution in [0.15, 0.2) is 120 Å². The minimum absolute atomic E-state index is 0.00491. The maximum atomic E-state index is 13.7. The first-order chi connectivity index (χ1) is 28.9. The number of nitrogens with zero attached hydrogens (tertiary/aromatic N) is 4. The largest absolute Gasteiger partial charge is 0.497 e. The van der Waals surface area contributed by atoms with Gasteiger partial charge in [-0.3, -0.25) is 29.4 Å². The molecule has 1 aliphatic rings. The van der Waals surface area contributed by atoms with Crippen LogP contribution in [0.25, 0.3) is 11.2 Å². The fourth-order valence-electron chi connectivity index (χ4n) is 7.36. The van der Waals surface area contributed by atoms with Gasteiger partial charge in [-0.25, -0.2) is 9.78 Å². The SMILES string of the molecule is COc1ccc(C(OC[C@@]2(COC(=O)c3ccccc3)CN(C(C)C)C[C@H](n3cnc4c(=O)[nH]c(NC(=O)C(C)C)nc43)O2)(c2ccccc2)c2ccc(OC)cc2)cc1. The number of benzene rings is 4. The van der Waals surface area contributed by atoms with Crippen LogP contribution < -0.4 is 20.3 Å². The highest BCUT2D eigenvalue weighted by molar-refractivity contribution is 5.91. The molecule has 6 aromatic rings. The van der Waals surface area contributed by atoms with Crippen LogP contribution >= 0.6 is 0 Å². The van der Waals surface area contributed by atoms with Gasteiger partial charge in [-0.2, -0.15) is 4.98 Å². The Labute approximate surface area is 348 Å². The smallest absolute Gasteiger partial charge is 0.338 e. The van der Waals surface area contributed by atoms with E-state index in [4.69, 9.17) is 23.7 Å². The summed E-state index contributed by atoms with van der Waals surface area (Å²) in [6.45, 7) is 8.01. The highest BCUT2D eigenvalue weighted by atomic mass is 16.6. The van der Waals surface area contributed by atoms with Gasteiger partial charge >= 0.3 is 5.97 Å². The molecule has 1 aliphatic heterocycles. The number of morpholine rings is 1. The summed E-state index contributed by atoms with van der Waals surface area (Å²) in [6.07, 6.45) is 0.696. The van der Waals surface area contributed by atoms with Crippen molar-refractivity contribution in [2.75, 3.05) is 45.8 Å². The monoisotopic (exact) mass is 814 g/mol. The molecule has 2 aromatic heterocycles. The number of anilines is 1. The Kier molecular flexibility index (Phi) is 12.5. The number of carbonyl (C=O) groups excluding carboxylic acids is 2. The molecule has 2 N–H and O–H groups in total. The van der Waals surface area contributed by atoms with E-state index in [0.717, 1.165) is 16.7 Å². The van der Waals surface area contributed by atoms with Gasteiger partial charge < -0.3 is 23.7 Å². The topological polar surface area (TPSA) is 159 Å². The second kappa shape index (κ2) is 17.9. The molecule has 1 saturated heterocycles. The molecule has 0 saturated carbocycles. The highest BCUT2D eigenvalue weighted by Gasteiger charge is 2.48. The van der Waals surface area contributed by atoms with E-state index in [1.165, 1.54) is 6.33 Å². The number of imidazole rings is 1. The van der Waals surface area contributed by atoms with Crippen LogP contribution in [0.1, 0.15) is 61.0 Å². The summed E-state index contributed by atoms with van der Waals surface area (Å²) in [5.74, 6) is 0.159. The number of ether oxygens (including phenoxy) is 5. The predicted octanol–water partition coefficient (Wildman–Crippen LogP) is 6.58. The summed E-state index contributed by atoms with van der Waals surface area (Å²) in [7, 11) is 3.24. The van der Waals surface area contributed by atoms with Crippen LogP contribution in [0.5, 0.6) is 11.5 Å². The first-order valence-corrected chi connectivity index (χ1v) is 19.9. The Bertz CT molecular complexity index is 2410. The lowest BCUT2D eigenvalue weighted by atomic mass is 9.79. The van der Waals surface area contributed by atoms with Crippen LogP contribution in [0.4, 0.5) is 5.95 Å². The number of carbonyl (C=O) groups is 2. The molecule has 14 heteroatoms. The minimum Gasteiger partial charge on any atom is -0.497 e. The number of aromatic nitrogens is 4. The number of aromatic amines is 1. The molecule has 0 spiro atoms. The lowest BCUT2D eigenvalue weighted by molar-refractivity contribution is -0.232. The number of amides is 1. The van der Waals surface area contributed by atoms with Crippen molar-refractivity contribution in [3.63, 3.8) is 0 Å². The number of H-pyrrole nitrogens is 1. The molecular formula is C46H50N6O8. The van der Waals surface area contributed by atoms with Gasteiger partial charge in [0.05, 0.1) is 32.7 Å². The molecule has 14 nitrogen and oxygen atoms in total. The van der Waals surface area contributed by atoms with Crippen molar-refractivity contribution in [3.05, 3.63) is 148 Å². The fraction of sp³-hybridized carbons (Fsp3) is 0.326. The van der Waals surface area contributed by atoms with E-state index in [0.29, 0.717) is 30.2 Å². The molecule has 0 unspecified atom stereocenters. The van der Waals surface area contributed by atoms with Gasteiger partial charge in [0.1, 0.15) is 35.5 Å². The fourth-order valence-corrected chi connectivity index (χ4v) is 7.36. The Morgan fingerprint density at radius 1 is 0.850 bits per heavy atom. The third-order valence-electron chi connectivity index (χ3n) is 10.7. The number of methoxy groups -OCH3 is 2. The van der Waals surface area contributed by atoms with Crippen molar-refractivity contribution < 1.29 is 33.3 Å². The third-order valence-corrected chi connectivity index (χ3v) is 10.7. The van der Waals surface area contributed by atoms with Crippen LogP contribution in [-0.2, 0) is 24.6 Å². The van der Waals surface area contributed by atoms with Crippen molar-refractivity contribution in [2.45, 2.75) is 51.2 Å². The quantitative estimate of drug-likeness (QED) is 0.0853. The van der Waals surface area contributed by atoms with Crippen molar-refractivity contribution in [3.8, 4) is 11.5 Å². The van der Waals surface area contributed by atoms with Crippen molar-refractivity contribution in [2.24, 2.45) is 5.92 Å². The Morgan fingerprint density at radius 2 is 1.43 bits per heavy atom. The Morgan fingerprint density at radius 3 is 2.00 bits per heavy atom. The normalized spacial score (nSPS) is 17.2. The van der Waals surface area contributed by atoms with Gasteiger partial charge in [0, 0.05) is 25.0 Å². The first-order valence-electron chi connectivity index (χ1n) is 19.9. The summed E-state index contributed by atoms with van der Waals surface area (Å²) in [6, 6.07) is 34.1. The molecule has 7 rings (SSSR count). The van der Waals surface area contributed by atoms with Crippen LogP contribution in [0.2, 0.25) is 0 Å².